The first-order chi connectivity index (χ1) is 13.9. The zero-order chi connectivity index (χ0) is 20.8. The van der Waals surface area contributed by atoms with Crippen LogP contribution in [0.2, 0.25) is 5.02 Å². The highest BCUT2D eigenvalue weighted by Gasteiger charge is 2.22. The zero-order valence-electron chi connectivity index (χ0n) is 15.9. The predicted octanol–water partition coefficient (Wildman–Crippen LogP) is 4.42. The van der Waals surface area contributed by atoms with Crippen LogP contribution in [0.15, 0.2) is 52.4 Å². The number of ether oxygens (including phenoxy) is 2. The van der Waals surface area contributed by atoms with Crippen molar-refractivity contribution in [2.75, 3.05) is 6.61 Å². The Bertz CT molecular complexity index is 1000. The Morgan fingerprint density at radius 3 is 2.76 bits per heavy atom. The fourth-order valence-electron chi connectivity index (χ4n) is 2.55. The smallest absolute Gasteiger partial charge is 0.286 e. The summed E-state index contributed by atoms with van der Waals surface area (Å²) in [6.07, 6.45) is 1.70. The second-order valence-corrected chi connectivity index (χ2v) is 7.54. The molecule has 0 radical (unpaired) electrons. The van der Waals surface area contributed by atoms with Crippen molar-refractivity contribution < 1.29 is 19.1 Å². The Hall–Kier alpha value is -2.77. The standard InChI is InChI=1S/C21H19ClN2O4S/c1-3-27-18-10-14(11-19-20(26)24-21(29-19)23-13(2)25)7-8-17(18)28-12-15-5-4-6-16(22)9-15/h4-11H,3,12H2,1-2H3,(H,23,24,25,26). The molecule has 0 aromatic heterocycles. The Morgan fingerprint density at radius 2 is 2.03 bits per heavy atom. The van der Waals surface area contributed by atoms with E-state index in [-0.39, 0.29) is 11.1 Å². The number of hydrogen-bond donors (Lipinski definition) is 1. The van der Waals surface area contributed by atoms with Gasteiger partial charge in [-0.2, -0.15) is 4.99 Å². The Balaban J connectivity index is 1.75. The second kappa shape index (κ2) is 9.62. The first-order valence-corrected chi connectivity index (χ1v) is 10.1. The molecule has 0 saturated carbocycles. The topological polar surface area (TPSA) is 77.0 Å². The van der Waals surface area contributed by atoms with Crippen LogP contribution < -0.4 is 14.8 Å². The number of carbonyl (C=O) groups excluding carboxylic acids is 2. The van der Waals surface area contributed by atoms with E-state index in [2.05, 4.69) is 10.3 Å². The van der Waals surface area contributed by atoms with E-state index in [0.29, 0.717) is 34.6 Å². The lowest BCUT2D eigenvalue weighted by atomic mass is 10.2. The highest BCUT2D eigenvalue weighted by Crippen LogP contribution is 2.33. The van der Waals surface area contributed by atoms with E-state index < -0.39 is 5.91 Å². The maximum Gasteiger partial charge on any atom is 0.286 e. The van der Waals surface area contributed by atoms with Crippen LogP contribution in [0.4, 0.5) is 0 Å². The molecule has 8 heteroatoms. The lowest BCUT2D eigenvalue weighted by molar-refractivity contribution is -0.117. The number of nitrogens with zero attached hydrogens (tertiary/aromatic N) is 1. The number of thioether (sulfide) groups is 1. The number of halogens is 1. The van der Waals surface area contributed by atoms with Crippen LogP contribution in [0.3, 0.4) is 0 Å². The molecule has 1 heterocycles. The van der Waals surface area contributed by atoms with Crippen LogP contribution in [-0.4, -0.2) is 23.6 Å². The summed E-state index contributed by atoms with van der Waals surface area (Å²) in [5.74, 6) is 0.500. The second-order valence-electron chi connectivity index (χ2n) is 6.07. The van der Waals surface area contributed by atoms with Crippen LogP contribution in [0.1, 0.15) is 25.0 Å². The van der Waals surface area contributed by atoms with E-state index in [0.717, 1.165) is 22.9 Å². The monoisotopic (exact) mass is 430 g/mol. The van der Waals surface area contributed by atoms with Crippen molar-refractivity contribution in [2.24, 2.45) is 4.99 Å². The SMILES string of the molecule is CCOc1cc(C=C2SC(NC(C)=O)=NC2=O)ccc1OCc1cccc(Cl)c1. The summed E-state index contributed by atoms with van der Waals surface area (Å²) >= 11 is 7.13. The van der Waals surface area contributed by atoms with Gasteiger partial charge in [0.25, 0.3) is 5.91 Å². The van der Waals surface area contributed by atoms with Crippen molar-refractivity contribution in [3.8, 4) is 11.5 Å². The molecule has 3 rings (SSSR count). The molecule has 0 fully saturated rings. The van der Waals surface area contributed by atoms with Gasteiger partial charge in [-0.05, 0) is 60.2 Å². The van der Waals surface area contributed by atoms with Crippen molar-refractivity contribution in [2.45, 2.75) is 20.5 Å². The third kappa shape index (κ3) is 5.85. The highest BCUT2D eigenvalue weighted by atomic mass is 35.5. The van der Waals surface area contributed by atoms with Crippen molar-refractivity contribution in [1.82, 2.24) is 5.32 Å². The first kappa shape index (κ1) is 21.0. The minimum Gasteiger partial charge on any atom is -0.490 e. The third-order valence-electron chi connectivity index (χ3n) is 3.75. The van der Waals surface area contributed by atoms with E-state index in [1.54, 1.807) is 18.2 Å². The summed E-state index contributed by atoms with van der Waals surface area (Å²) in [5, 5.41) is 3.45. The maximum atomic E-state index is 12.0. The van der Waals surface area contributed by atoms with Gasteiger partial charge >= 0.3 is 0 Å². The van der Waals surface area contributed by atoms with E-state index >= 15 is 0 Å². The number of amidine groups is 1. The molecule has 29 heavy (non-hydrogen) atoms. The van der Waals surface area contributed by atoms with Crippen molar-refractivity contribution in [1.29, 1.82) is 0 Å². The molecule has 0 saturated heterocycles. The van der Waals surface area contributed by atoms with Gasteiger partial charge in [-0.25, -0.2) is 0 Å². The number of hydrogen-bond acceptors (Lipinski definition) is 5. The molecule has 1 aliphatic rings. The summed E-state index contributed by atoms with van der Waals surface area (Å²) in [4.78, 5) is 27.4. The Morgan fingerprint density at radius 1 is 1.21 bits per heavy atom. The number of rotatable bonds is 6. The largest absolute Gasteiger partial charge is 0.490 e. The molecule has 0 unspecified atom stereocenters. The molecule has 1 N–H and O–H groups in total. The quantitative estimate of drug-likeness (QED) is 0.686. The van der Waals surface area contributed by atoms with Crippen LogP contribution in [-0.2, 0) is 16.2 Å². The summed E-state index contributed by atoms with van der Waals surface area (Å²) < 4.78 is 11.6. The van der Waals surface area contributed by atoms with E-state index in [9.17, 15) is 9.59 Å². The molecule has 1 aliphatic heterocycles. The summed E-state index contributed by atoms with van der Waals surface area (Å²) in [7, 11) is 0. The van der Waals surface area contributed by atoms with Gasteiger partial charge in [0.15, 0.2) is 16.7 Å². The van der Waals surface area contributed by atoms with Gasteiger partial charge in [0, 0.05) is 11.9 Å². The Labute approximate surface area is 177 Å². The van der Waals surface area contributed by atoms with Gasteiger partial charge in [-0.15, -0.1) is 0 Å². The molecule has 0 aliphatic carbocycles. The van der Waals surface area contributed by atoms with Gasteiger partial charge in [-0.3, -0.25) is 9.59 Å². The molecule has 6 nitrogen and oxygen atoms in total. The summed E-state index contributed by atoms with van der Waals surface area (Å²) in [5.41, 5.74) is 1.71. The molecule has 2 aromatic carbocycles. The van der Waals surface area contributed by atoms with Gasteiger partial charge in [0.05, 0.1) is 11.5 Å². The summed E-state index contributed by atoms with van der Waals surface area (Å²) in [6, 6.07) is 12.9. The van der Waals surface area contributed by atoms with E-state index in [1.165, 1.54) is 6.92 Å². The molecule has 2 amide bonds. The minimum atomic E-state index is -0.391. The number of nitrogens with one attached hydrogen (secondary N) is 1. The van der Waals surface area contributed by atoms with Crippen LogP contribution in [0, 0.1) is 0 Å². The molecule has 0 bridgehead atoms. The minimum absolute atomic E-state index is 0.273. The molecule has 0 atom stereocenters. The molecular weight excluding hydrogens is 412 g/mol. The van der Waals surface area contributed by atoms with Crippen molar-refractivity contribution in [3.05, 3.63) is 63.5 Å². The first-order valence-electron chi connectivity index (χ1n) is 8.89. The van der Waals surface area contributed by atoms with Crippen molar-refractivity contribution in [3.63, 3.8) is 0 Å². The van der Waals surface area contributed by atoms with Crippen LogP contribution in [0.25, 0.3) is 6.08 Å². The van der Waals surface area contributed by atoms with Gasteiger partial charge in [0.2, 0.25) is 5.91 Å². The molecule has 0 spiro atoms. The average Bonchev–Trinajstić information content (AvgIpc) is 2.99. The van der Waals surface area contributed by atoms with Gasteiger partial charge in [-0.1, -0.05) is 29.8 Å². The lowest BCUT2D eigenvalue weighted by Gasteiger charge is -2.13. The normalized spacial score (nSPS) is 14.7. The van der Waals surface area contributed by atoms with Crippen LogP contribution in [0.5, 0.6) is 11.5 Å². The van der Waals surface area contributed by atoms with Crippen LogP contribution >= 0.6 is 23.4 Å². The number of aliphatic imine (C=N–C) groups is 1. The number of carbonyl (C=O) groups is 2. The average molecular weight is 431 g/mol. The third-order valence-corrected chi connectivity index (χ3v) is 4.89. The molecule has 150 valence electrons. The fourth-order valence-corrected chi connectivity index (χ4v) is 3.63. The summed E-state index contributed by atoms with van der Waals surface area (Å²) in [6.45, 7) is 4.07. The molecule has 2 aromatic rings. The predicted molar refractivity (Wildman–Crippen MR) is 115 cm³/mol. The fraction of sp³-hybridized carbons (Fsp3) is 0.190. The number of benzene rings is 2. The number of amides is 2. The van der Waals surface area contributed by atoms with Gasteiger partial charge in [0.1, 0.15) is 6.61 Å². The van der Waals surface area contributed by atoms with E-state index in [1.807, 2.05) is 37.3 Å². The Kier molecular flexibility index (Phi) is 6.95. The lowest BCUT2D eigenvalue weighted by Crippen LogP contribution is -2.23. The zero-order valence-corrected chi connectivity index (χ0v) is 17.5. The van der Waals surface area contributed by atoms with E-state index in [4.69, 9.17) is 21.1 Å². The van der Waals surface area contributed by atoms with Gasteiger partial charge < -0.3 is 14.8 Å². The van der Waals surface area contributed by atoms with Crippen molar-refractivity contribution >= 4 is 46.4 Å². The molecular formula is C21H19ClN2O4S. The maximum absolute atomic E-state index is 12.0. The highest BCUT2D eigenvalue weighted by molar-refractivity contribution is 8.18.